The van der Waals surface area contributed by atoms with Gasteiger partial charge in [-0.3, -0.25) is 4.79 Å². The van der Waals surface area contributed by atoms with Gasteiger partial charge in [0.1, 0.15) is 0 Å². The number of halogens is 2. The molecule has 1 N–H and O–H groups in total. The summed E-state index contributed by atoms with van der Waals surface area (Å²) in [5, 5.41) is 8.30. The Balaban J connectivity index is 2.30. The van der Waals surface area contributed by atoms with E-state index in [2.05, 4.69) is 0 Å². The first-order valence-electron chi connectivity index (χ1n) is 3.97. The topological polar surface area (TPSA) is 37.3 Å². The van der Waals surface area contributed by atoms with Gasteiger partial charge in [0.2, 0.25) is 0 Å². The summed E-state index contributed by atoms with van der Waals surface area (Å²) in [6.45, 7) is 3.03. The second kappa shape index (κ2) is 3.12. The molecular formula is C8H12F2O2S. The van der Waals surface area contributed by atoms with E-state index >= 15 is 0 Å². The van der Waals surface area contributed by atoms with E-state index in [4.69, 9.17) is 5.11 Å². The van der Waals surface area contributed by atoms with Crippen LogP contribution < -0.4 is 0 Å². The number of hydrogen-bond acceptors (Lipinski definition) is 2. The SMILES string of the molecule is CC1(C)C(CSCC(=O)O)C1(F)F. The highest BCUT2D eigenvalue weighted by molar-refractivity contribution is 7.99. The minimum Gasteiger partial charge on any atom is -0.481 e. The number of thioether (sulfide) groups is 1. The van der Waals surface area contributed by atoms with Crippen LogP contribution in [0.5, 0.6) is 0 Å². The molecule has 0 aliphatic heterocycles. The molecular weight excluding hydrogens is 198 g/mol. The van der Waals surface area contributed by atoms with Gasteiger partial charge in [-0.15, -0.1) is 11.8 Å². The number of aliphatic carboxylic acids is 1. The molecule has 0 heterocycles. The first-order valence-corrected chi connectivity index (χ1v) is 5.13. The average molecular weight is 210 g/mol. The van der Waals surface area contributed by atoms with Gasteiger partial charge in [-0.1, -0.05) is 13.8 Å². The molecule has 5 heteroatoms. The second-order valence-corrected chi connectivity index (χ2v) is 4.84. The Morgan fingerprint density at radius 1 is 1.54 bits per heavy atom. The first-order chi connectivity index (χ1) is 5.80. The highest BCUT2D eigenvalue weighted by Crippen LogP contribution is 2.66. The zero-order valence-corrected chi connectivity index (χ0v) is 8.33. The van der Waals surface area contributed by atoms with Crippen molar-refractivity contribution >= 4 is 17.7 Å². The second-order valence-electron chi connectivity index (χ2n) is 3.81. The van der Waals surface area contributed by atoms with E-state index in [0.717, 1.165) is 11.8 Å². The molecule has 1 aliphatic carbocycles. The molecule has 1 saturated carbocycles. The Morgan fingerprint density at radius 2 is 2.00 bits per heavy atom. The van der Waals surface area contributed by atoms with Crippen LogP contribution in [-0.2, 0) is 4.79 Å². The Hall–Kier alpha value is -0.320. The zero-order chi connectivity index (χ0) is 10.3. The molecule has 0 amide bonds. The van der Waals surface area contributed by atoms with Crippen LogP contribution in [-0.4, -0.2) is 28.5 Å². The van der Waals surface area contributed by atoms with Crippen molar-refractivity contribution in [2.45, 2.75) is 19.8 Å². The van der Waals surface area contributed by atoms with Gasteiger partial charge >= 0.3 is 5.97 Å². The lowest BCUT2D eigenvalue weighted by molar-refractivity contribution is -0.133. The van der Waals surface area contributed by atoms with Crippen molar-refractivity contribution in [2.75, 3.05) is 11.5 Å². The summed E-state index contributed by atoms with van der Waals surface area (Å²) in [6.07, 6.45) is 0. The molecule has 0 aromatic carbocycles. The van der Waals surface area contributed by atoms with Crippen LogP contribution in [0.25, 0.3) is 0 Å². The summed E-state index contributed by atoms with van der Waals surface area (Å²) in [7, 11) is 0. The maximum absolute atomic E-state index is 12.9. The van der Waals surface area contributed by atoms with E-state index in [1.165, 1.54) is 13.8 Å². The van der Waals surface area contributed by atoms with Crippen LogP contribution in [0.2, 0.25) is 0 Å². The summed E-state index contributed by atoms with van der Waals surface area (Å²) >= 11 is 1.06. The van der Waals surface area contributed by atoms with E-state index in [-0.39, 0.29) is 11.5 Å². The number of carboxylic acid groups (broad SMARTS) is 1. The van der Waals surface area contributed by atoms with E-state index in [0.29, 0.717) is 0 Å². The third-order valence-corrected chi connectivity index (χ3v) is 3.61. The first kappa shape index (κ1) is 10.8. The minimum atomic E-state index is -2.61. The number of hydrogen-bond donors (Lipinski definition) is 1. The van der Waals surface area contributed by atoms with Crippen LogP contribution in [0, 0.1) is 11.3 Å². The molecule has 1 fully saturated rings. The predicted molar refractivity (Wildman–Crippen MR) is 47.2 cm³/mol. The van der Waals surface area contributed by atoms with Crippen LogP contribution in [0.3, 0.4) is 0 Å². The van der Waals surface area contributed by atoms with Crippen LogP contribution in [0.4, 0.5) is 8.78 Å². The van der Waals surface area contributed by atoms with Crippen LogP contribution >= 0.6 is 11.8 Å². The summed E-state index contributed by atoms with van der Waals surface area (Å²) in [4.78, 5) is 10.1. The van der Waals surface area contributed by atoms with Crippen molar-refractivity contribution in [1.29, 1.82) is 0 Å². The van der Waals surface area contributed by atoms with Gasteiger partial charge in [0.05, 0.1) is 5.75 Å². The van der Waals surface area contributed by atoms with E-state index in [1.54, 1.807) is 0 Å². The summed E-state index contributed by atoms with van der Waals surface area (Å²) in [5.41, 5.74) is -0.946. The molecule has 0 bridgehead atoms. The zero-order valence-electron chi connectivity index (χ0n) is 7.51. The molecule has 2 nitrogen and oxygen atoms in total. The molecule has 0 aromatic heterocycles. The molecule has 1 atom stereocenters. The quantitative estimate of drug-likeness (QED) is 0.772. The Labute approximate surface area is 79.7 Å². The highest BCUT2D eigenvalue weighted by Gasteiger charge is 2.74. The Bertz CT molecular complexity index is 214. The Kier molecular flexibility index (Phi) is 2.58. The third-order valence-electron chi connectivity index (χ3n) is 2.59. The molecule has 76 valence electrons. The standard InChI is InChI=1S/C8H12F2O2S/c1-7(2)5(8(7,9)10)3-13-4-6(11)12/h5H,3-4H2,1-2H3,(H,11,12). The lowest BCUT2D eigenvalue weighted by atomic mass is 10.1. The average Bonchev–Trinajstić information content (AvgIpc) is 2.30. The normalized spacial score (nSPS) is 28.5. The minimum absolute atomic E-state index is 0.0946. The summed E-state index contributed by atoms with van der Waals surface area (Å²) < 4.78 is 25.9. The highest BCUT2D eigenvalue weighted by atomic mass is 32.2. The predicted octanol–water partition coefficient (Wildman–Crippen LogP) is 2.10. The van der Waals surface area contributed by atoms with Gasteiger partial charge in [0, 0.05) is 17.1 Å². The van der Waals surface area contributed by atoms with Crippen LogP contribution in [0.1, 0.15) is 13.8 Å². The van der Waals surface area contributed by atoms with E-state index in [9.17, 15) is 13.6 Å². The number of rotatable bonds is 4. The maximum atomic E-state index is 12.9. The smallest absolute Gasteiger partial charge is 0.313 e. The van der Waals surface area contributed by atoms with E-state index in [1.807, 2.05) is 0 Å². The lowest BCUT2D eigenvalue weighted by Gasteiger charge is -1.97. The number of carbonyl (C=O) groups is 1. The van der Waals surface area contributed by atoms with Gasteiger partial charge < -0.3 is 5.11 Å². The molecule has 13 heavy (non-hydrogen) atoms. The molecule has 1 unspecified atom stereocenters. The van der Waals surface area contributed by atoms with Crippen molar-refractivity contribution in [1.82, 2.24) is 0 Å². The largest absolute Gasteiger partial charge is 0.481 e. The van der Waals surface area contributed by atoms with E-state index < -0.39 is 23.2 Å². The fourth-order valence-electron chi connectivity index (χ4n) is 1.33. The molecule has 1 aliphatic rings. The van der Waals surface area contributed by atoms with Gasteiger partial charge in [0.15, 0.2) is 0 Å². The van der Waals surface area contributed by atoms with Gasteiger partial charge in [-0.05, 0) is 0 Å². The van der Waals surface area contributed by atoms with Gasteiger partial charge in [-0.25, -0.2) is 8.78 Å². The lowest BCUT2D eigenvalue weighted by Crippen LogP contribution is -2.02. The van der Waals surface area contributed by atoms with Crippen molar-refractivity contribution in [2.24, 2.45) is 11.3 Å². The monoisotopic (exact) mass is 210 g/mol. The molecule has 0 spiro atoms. The molecule has 0 saturated heterocycles. The molecule has 0 aromatic rings. The van der Waals surface area contributed by atoms with Crippen molar-refractivity contribution in [3.63, 3.8) is 0 Å². The van der Waals surface area contributed by atoms with Gasteiger partial charge in [-0.2, -0.15) is 0 Å². The molecule has 0 radical (unpaired) electrons. The molecule has 1 rings (SSSR count). The third kappa shape index (κ3) is 1.80. The maximum Gasteiger partial charge on any atom is 0.313 e. The summed E-state index contributed by atoms with van der Waals surface area (Å²) in [5.74, 6) is -4.09. The van der Waals surface area contributed by atoms with Gasteiger partial charge in [0.25, 0.3) is 5.92 Å². The van der Waals surface area contributed by atoms with Crippen molar-refractivity contribution in [3.8, 4) is 0 Å². The fourth-order valence-corrected chi connectivity index (χ4v) is 2.49. The number of alkyl halides is 2. The van der Waals surface area contributed by atoms with Crippen LogP contribution in [0.15, 0.2) is 0 Å². The van der Waals surface area contributed by atoms with Crippen molar-refractivity contribution < 1.29 is 18.7 Å². The summed E-state index contributed by atoms with van der Waals surface area (Å²) in [6, 6.07) is 0. The fraction of sp³-hybridized carbons (Fsp3) is 0.875. The van der Waals surface area contributed by atoms with Crippen molar-refractivity contribution in [3.05, 3.63) is 0 Å². The Morgan fingerprint density at radius 3 is 2.31 bits per heavy atom. The number of carboxylic acids is 1.